The second-order valence-corrected chi connectivity index (χ2v) is 8.06. The number of urea groups is 1. The van der Waals surface area contributed by atoms with E-state index in [2.05, 4.69) is 10.6 Å². The molecule has 1 aliphatic heterocycles. The summed E-state index contributed by atoms with van der Waals surface area (Å²) in [6.07, 6.45) is 3.25. The van der Waals surface area contributed by atoms with E-state index < -0.39 is 0 Å². The van der Waals surface area contributed by atoms with E-state index in [1.165, 1.54) is 0 Å². The third-order valence-corrected chi connectivity index (χ3v) is 5.69. The van der Waals surface area contributed by atoms with E-state index in [9.17, 15) is 9.59 Å². The molecule has 0 aromatic heterocycles. The number of anilines is 1. The number of nitrogens with one attached hydrogen (secondary N) is 2. The van der Waals surface area contributed by atoms with E-state index in [0.29, 0.717) is 30.5 Å². The minimum absolute atomic E-state index is 0.0196. The van der Waals surface area contributed by atoms with Gasteiger partial charge in [-0.3, -0.25) is 4.79 Å². The number of halogens is 1. The summed E-state index contributed by atoms with van der Waals surface area (Å²) in [5.41, 5.74) is 2.88. The largest absolute Gasteiger partial charge is 0.352 e. The van der Waals surface area contributed by atoms with E-state index >= 15 is 0 Å². The maximum absolute atomic E-state index is 12.6. The summed E-state index contributed by atoms with van der Waals surface area (Å²) in [7, 11) is 0. The van der Waals surface area contributed by atoms with E-state index in [0.717, 1.165) is 42.6 Å². The predicted octanol–water partition coefficient (Wildman–Crippen LogP) is 4.99. The fourth-order valence-corrected chi connectivity index (χ4v) is 3.79. The zero-order valence-corrected chi connectivity index (χ0v) is 17.5. The molecule has 5 nitrogen and oxygen atoms in total. The lowest BCUT2D eigenvalue weighted by Gasteiger charge is -2.32. The highest BCUT2D eigenvalue weighted by atomic mass is 35.5. The Morgan fingerprint density at radius 1 is 1.14 bits per heavy atom. The maximum atomic E-state index is 12.6. The van der Waals surface area contributed by atoms with Gasteiger partial charge in [-0.2, -0.15) is 0 Å². The van der Waals surface area contributed by atoms with Crippen molar-refractivity contribution in [1.29, 1.82) is 0 Å². The molecular formula is C23H28ClN3O2. The zero-order chi connectivity index (χ0) is 20.6. The summed E-state index contributed by atoms with van der Waals surface area (Å²) >= 11 is 6.12. The van der Waals surface area contributed by atoms with Gasteiger partial charge in [-0.1, -0.05) is 47.5 Å². The van der Waals surface area contributed by atoms with Gasteiger partial charge in [0.25, 0.3) is 0 Å². The van der Waals surface area contributed by atoms with Gasteiger partial charge >= 0.3 is 6.03 Å². The normalized spacial score (nSPS) is 16.3. The van der Waals surface area contributed by atoms with Crippen molar-refractivity contribution in [2.45, 2.75) is 39.2 Å². The number of aryl methyl sites for hydroxylation is 1. The van der Waals surface area contributed by atoms with Crippen molar-refractivity contribution in [3.05, 3.63) is 64.7 Å². The average molecular weight is 414 g/mol. The average Bonchev–Trinajstić information content (AvgIpc) is 2.73. The van der Waals surface area contributed by atoms with E-state index in [1.54, 1.807) is 0 Å². The van der Waals surface area contributed by atoms with Crippen LogP contribution in [-0.2, 0) is 11.3 Å². The van der Waals surface area contributed by atoms with Gasteiger partial charge in [-0.05, 0) is 55.9 Å². The van der Waals surface area contributed by atoms with E-state index in [-0.39, 0.29) is 11.9 Å². The molecule has 1 atom stereocenters. The second-order valence-electron chi connectivity index (χ2n) is 7.66. The Morgan fingerprint density at radius 2 is 1.90 bits per heavy atom. The Labute approximate surface area is 177 Å². The van der Waals surface area contributed by atoms with Crippen molar-refractivity contribution in [3.8, 4) is 0 Å². The highest BCUT2D eigenvalue weighted by Crippen LogP contribution is 2.22. The number of hydrogen-bond donors (Lipinski definition) is 2. The van der Waals surface area contributed by atoms with Gasteiger partial charge in [0, 0.05) is 36.8 Å². The minimum Gasteiger partial charge on any atom is -0.352 e. The van der Waals surface area contributed by atoms with Crippen LogP contribution >= 0.6 is 11.6 Å². The fraction of sp³-hybridized carbons (Fsp3) is 0.391. The summed E-state index contributed by atoms with van der Waals surface area (Å²) in [4.78, 5) is 26.6. The molecule has 0 saturated carbocycles. The highest BCUT2D eigenvalue weighted by Gasteiger charge is 2.24. The minimum atomic E-state index is -0.0678. The molecule has 0 bridgehead atoms. The molecule has 3 rings (SSSR count). The predicted molar refractivity (Wildman–Crippen MR) is 117 cm³/mol. The molecule has 0 spiro atoms. The molecule has 1 saturated heterocycles. The molecule has 3 amide bonds. The molecule has 1 fully saturated rings. The summed E-state index contributed by atoms with van der Waals surface area (Å²) in [6.45, 7) is 3.90. The highest BCUT2D eigenvalue weighted by molar-refractivity contribution is 6.31. The van der Waals surface area contributed by atoms with Gasteiger partial charge < -0.3 is 15.5 Å². The first kappa shape index (κ1) is 21.2. The molecule has 2 aromatic carbocycles. The van der Waals surface area contributed by atoms with Crippen LogP contribution in [0.1, 0.15) is 36.8 Å². The summed E-state index contributed by atoms with van der Waals surface area (Å²) in [5, 5.41) is 6.56. The smallest absolute Gasteiger partial charge is 0.321 e. The molecule has 2 aromatic rings. The van der Waals surface area contributed by atoms with Crippen LogP contribution in [0.15, 0.2) is 48.5 Å². The lowest BCUT2D eigenvalue weighted by atomic mass is 9.93. The van der Waals surface area contributed by atoms with Crippen LogP contribution < -0.4 is 10.6 Å². The van der Waals surface area contributed by atoms with Crippen LogP contribution in [-0.4, -0.2) is 29.9 Å². The first-order chi connectivity index (χ1) is 14.0. The molecule has 0 radical (unpaired) electrons. The molecule has 1 aliphatic rings. The lowest BCUT2D eigenvalue weighted by Crippen LogP contribution is -2.42. The van der Waals surface area contributed by atoms with Gasteiger partial charge in [0.1, 0.15) is 0 Å². The zero-order valence-electron chi connectivity index (χ0n) is 16.8. The van der Waals surface area contributed by atoms with Crippen LogP contribution in [0.25, 0.3) is 0 Å². The van der Waals surface area contributed by atoms with Crippen molar-refractivity contribution >= 4 is 29.2 Å². The molecule has 6 heteroatoms. The Kier molecular flexibility index (Phi) is 7.53. The van der Waals surface area contributed by atoms with Gasteiger partial charge in [0.05, 0.1) is 0 Å². The van der Waals surface area contributed by atoms with Crippen molar-refractivity contribution < 1.29 is 9.59 Å². The SMILES string of the molecule is Cc1ccc(NC(=O)N2CCCC(CCC(=O)NCc3ccccc3Cl)C2)cc1. The number of carbonyl (C=O) groups excluding carboxylic acids is 2. The maximum Gasteiger partial charge on any atom is 0.321 e. The van der Waals surface area contributed by atoms with Crippen LogP contribution in [0.2, 0.25) is 5.02 Å². The number of likely N-dealkylation sites (tertiary alicyclic amines) is 1. The molecule has 1 heterocycles. The number of benzene rings is 2. The standard InChI is InChI=1S/C23H28ClN3O2/c1-17-8-11-20(12-9-17)26-23(29)27-14-4-5-18(16-27)10-13-22(28)25-15-19-6-2-3-7-21(19)24/h2-3,6-9,11-12,18H,4-5,10,13-16H2,1H3,(H,25,28)(H,26,29). The van der Waals surface area contributed by atoms with Crippen molar-refractivity contribution in [2.75, 3.05) is 18.4 Å². The Hall–Kier alpha value is -2.53. The third kappa shape index (κ3) is 6.50. The van der Waals surface area contributed by atoms with Crippen LogP contribution in [0.3, 0.4) is 0 Å². The van der Waals surface area contributed by atoms with Gasteiger partial charge in [-0.25, -0.2) is 4.79 Å². The fourth-order valence-electron chi connectivity index (χ4n) is 3.58. The number of rotatable bonds is 6. The van der Waals surface area contributed by atoms with Crippen molar-refractivity contribution in [1.82, 2.24) is 10.2 Å². The second kappa shape index (κ2) is 10.3. The molecule has 29 heavy (non-hydrogen) atoms. The number of amides is 3. The summed E-state index contributed by atoms with van der Waals surface area (Å²) < 4.78 is 0. The van der Waals surface area contributed by atoms with Crippen molar-refractivity contribution in [3.63, 3.8) is 0 Å². The first-order valence-electron chi connectivity index (χ1n) is 10.1. The summed E-state index contributed by atoms with van der Waals surface area (Å²) in [6, 6.07) is 15.2. The van der Waals surface area contributed by atoms with E-state index in [1.807, 2.05) is 60.4 Å². The number of nitrogens with zero attached hydrogens (tertiary/aromatic N) is 1. The van der Waals surface area contributed by atoms with Crippen LogP contribution in [0, 0.1) is 12.8 Å². The molecule has 154 valence electrons. The Balaban J connectivity index is 1.42. The summed E-state index contributed by atoms with van der Waals surface area (Å²) in [5.74, 6) is 0.365. The Morgan fingerprint density at radius 3 is 2.66 bits per heavy atom. The van der Waals surface area contributed by atoms with E-state index in [4.69, 9.17) is 11.6 Å². The van der Waals surface area contributed by atoms with Crippen LogP contribution in [0.4, 0.5) is 10.5 Å². The molecule has 0 aliphatic carbocycles. The lowest BCUT2D eigenvalue weighted by molar-refractivity contribution is -0.121. The number of hydrogen-bond acceptors (Lipinski definition) is 2. The number of carbonyl (C=O) groups is 2. The van der Waals surface area contributed by atoms with Crippen molar-refractivity contribution in [2.24, 2.45) is 5.92 Å². The first-order valence-corrected chi connectivity index (χ1v) is 10.5. The van der Waals surface area contributed by atoms with Gasteiger partial charge in [-0.15, -0.1) is 0 Å². The quantitative estimate of drug-likeness (QED) is 0.700. The van der Waals surface area contributed by atoms with Crippen LogP contribution in [0.5, 0.6) is 0 Å². The molecule has 1 unspecified atom stereocenters. The monoisotopic (exact) mass is 413 g/mol. The topological polar surface area (TPSA) is 61.4 Å². The molecular weight excluding hydrogens is 386 g/mol. The number of piperidine rings is 1. The van der Waals surface area contributed by atoms with Gasteiger partial charge in [0.2, 0.25) is 5.91 Å². The molecule has 2 N–H and O–H groups in total. The Bertz CT molecular complexity index is 838. The third-order valence-electron chi connectivity index (χ3n) is 5.32. The van der Waals surface area contributed by atoms with Gasteiger partial charge in [0.15, 0.2) is 0 Å².